The summed E-state index contributed by atoms with van der Waals surface area (Å²) in [6, 6.07) is -0.337. The minimum atomic E-state index is -1.17. The number of methoxy groups -OCH3 is 1. The normalized spacial score (nSPS) is 23.1. The molecule has 3 N–H and O–H groups in total. The summed E-state index contributed by atoms with van der Waals surface area (Å²) in [4.78, 5) is 23.0. The van der Waals surface area contributed by atoms with E-state index in [1.165, 1.54) is 0 Å². The van der Waals surface area contributed by atoms with Gasteiger partial charge < -0.3 is 20.5 Å². The number of amides is 2. The number of ether oxygens (including phenoxy) is 1. The Balaban J connectivity index is 2.45. The highest BCUT2D eigenvalue weighted by molar-refractivity contribution is 5.86. The van der Waals surface area contributed by atoms with Crippen molar-refractivity contribution in [2.45, 2.75) is 57.2 Å². The number of carboxylic acids is 1. The number of hydrogen-bond donors (Lipinski definition) is 3. The van der Waals surface area contributed by atoms with Crippen molar-refractivity contribution in [3.63, 3.8) is 0 Å². The Morgan fingerprint density at radius 1 is 1.33 bits per heavy atom. The molecule has 0 saturated heterocycles. The van der Waals surface area contributed by atoms with E-state index < -0.39 is 17.5 Å². The number of carbonyl (C=O) groups excluding carboxylic acids is 1. The van der Waals surface area contributed by atoms with Crippen molar-refractivity contribution in [2.24, 2.45) is 0 Å². The Morgan fingerprint density at radius 2 is 1.89 bits per heavy atom. The zero-order valence-corrected chi connectivity index (χ0v) is 11.2. The molecular formula is C12H22N2O4. The molecule has 0 aromatic carbocycles. The van der Waals surface area contributed by atoms with Crippen LogP contribution in [0.2, 0.25) is 0 Å². The molecule has 1 aliphatic rings. The van der Waals surface area contributed by atoms with E-state index in [4.69, 9.17) is 4.74 Å². The predicted molar refractivity (Wildman–Crippen MR) is 66.4 cm³/mol. The van der Waals surface area contributed by atoms with Gasteiger partial charge in [-0.2, -0.15) is 0 Å². The molecule has 0 bridgehead atoms. The second kappa shape index (κ2) is 6.04. The van der Waals surface area contributed by atoms with Gasteiger partial charge in [-0.3, -0.25) is 0 Å². The van der Waals surface area contributed by atoms with E-state index in [2.05, 4.69) is 10.6 Å². The molecule has 0 aliphatic heterocycles. The first kappa shape index (κ1) is 14.8. The average molecular weight is 258 g/mol. The highest BCUT2D eigenvalue weighted by Gasteiger charge is 2.38. The molecule has 0 atom stereocenters. The van der Waals surface area contributed by atoms with Gasteiger partial charge in [-0.05, 0) is 25.7 Å². The topological polar surface area (TPSA) is 87.7 Å². The molecule has 6 nitrogen and oxygen atoms in total. The van der Waals surface area contributed by atoms with Crippen LogP contribution >= 0.6 is 0 Å². The molecule has 0 radical (unpaired) electrons. The van der Waals surface area contributed by atoms with Crippen LogP contribution in [0, 0.1) is 0 Å². The zero-order chi connectivity index (χ0) is 13.8. The minimum absolute atomic E-state index is 0.0788. The average Bonchev–Trinajstić information content (AvgIpc) is 2.29. The Labute approximate surface area is 107 Å². The van der Waals surface area contributed by atoms with Crippen molar-refractivity contribution >= 4 is 12.0 Å². The highest BCUT2D eigenvalue weighted by atomic mass is 16.5. The van der Waals surface area contributed by atoms with Crippen molar-refractivity contribution in [2.75, 3.05) is 7.11 Å². The van der Waals surface area contributed by atoms with Crippen LogP contribution in [-0.2, 0) is 9.53 Å². The maximum atomic E-state index is 11.8. The lowest BCUT2D eigenvalue weighted by Gasteiger charge is -2.36. The number of carbonyl (C=O) groups is 2. The van der Waals surface area contributed by atoms with Crippen molar-refractivity contribution < 1.29 is 19.4 Å². The summed E-state index contributed by atoms with van der Waals surface area (Å²) in [6.07, 6.45) is 2.48. The van der Waals surface area contributed by atoms with Crippen LogP contribution in [0.4, 0.5) is 4.79 Å². The number of hydrogen-bond acceptors (Lipinski definition) is 3. The van der Waals surface area contributed by atoms with Crippen molar-refractivity contribution in [1.29, 1.82) is 0 Å². The molecule has 1 fully saturated rings. The van der Waals surface area contributed by atoms with Gasteiger partial charge in [-0.1, -0.05) is 13.8 Å². The predicted octanol–water partition coefficient (Wildman–Crippen LogP) is 1.11. The molecule has 0 aromatic heterocycles. The fourth-order valence-corrected chi connectivity index (χ4v) is 2.10. The number of aliphatic carboxylic acids is 1. The van der Waals surface area contributed by atoms with Crippen molar-refractivity contribution in [3.05, 3.63) is 0 Å². The zero-order valence-electron chi connectivity index (χ0n) is 11.2. The van der Waals surface area contributed by atoms with Gasteiger partial charge in [0.1, 0.15) is 5.54 Å². The van der Waals surface area contributed by atoms with Gasteiger partial charge >= 0.3 is 12.0 Å². The molecule has 0 aromatic rings. The van der Waals surface area contributed by atoms with Crippen LogP contribution in [0.1, 0.15) is 39.5 Å². The van der Waals surface area contributed by atoms with Gasteiger partial charge in [0.05, 0.1) is 6.10 Å². The third-order valence-electron chi connectivity index (χ3n) is 3.73. The number of urea groups is 1. The van der Waals surface area contributed by atoms with E-state index in [9.17, 15) is 14.7 Å². The maximum Gasteiger partial charge on any atom is 0.329 e. The first-order chi connectivity index (χ1) is 8.47. The van der Waals surface area contributed by atoms with Gasteiger partial charge in [0.2, 0.25) is 0 Å². The SMILES string of the molecule is CCC(CC)(NC(=O)NC1CC(OC)C1)C(=O)O. The van der Waals surface area contributed by atoms with Crippen LogP contribution in [0.15, 0.2) is 0 Å². The molecule has 0 heterocycles. The lowest BCUT2D eigenvalue weighted by Crippen LogP contribution is -2.59. The van der Waals surface area contributed by atoms with Crippen molar-refractivity contribution in [1.82, 2.24) is 10.6 Å². The van der Waals surface area contributed by atoms with Crippen LogP contribution in [0.3, 0.4) is 0 Å². The van der Waals surface area contributed by atoms with Gasteiger partial charge in [-0.25, -0.2) is 9.59 Å². The molecule has 0 spiro atoms. The third kappa shape index (κ3) is 3.13. The lowest BCUT2D eigenvalue weighted by molar-refractivity contribution is -0.144. The van der Waals surface area contributed by atoms with E-state index in [0.717, 1.165) is 12.8 Å². The monoisotopic (exact) mass is 258 g/mol. The molecule has 6 heteroatoms. The maximum absolute atomic E-state index is 11.8. The van der Waals surface area contributed by atoms with Gasteiger partial charge in [0.15, 0.2) is 0 Å². The smallest absolute Gasteiger partial charge is 0.329 e. The molecule has 104 valence electrons. The Hall–Kier alpha value is -1.30. The first-order valence-electron chi connectivity index (χ1n) is 6.32. The molecule has 1 rings (SSSR count). The molecule has 1 aliphatic carbocycles. The molecular weight excluding hydrogens is 236 g/mol. The summed E-state index contributed by atoms with van der Waals surface area (Å²) < 4.78 is 5.11. The number of nitrogens with one attached hydrogen (secondary N) is 2. The molecule has 2 amide bonds. The second-order valence-corrected chi connectivity index (χ2v) is 4.72. The summed E-state index contributed by atoms with van der Waals surface area (Å²) in [7, 11) is 1.64. The number of carboxylic acid groups (broad SMARTS) is 1. The molecule has 18 heavy (non-hydrogen) atoms. The van der Waals surface area contributed by atoms with Crippen LogP contribution in [-0.4, -0.2) is 41.9 Å². The van der Waals surface area contributed by atoms with E-state index in [-0.39, 0.29) is 12.1 Å². The van der Waals surface area contributed by atoms with E-state index in [1.807, 2.05) is 0 Å². The lowest BCUT2D eigenvalue weighted by atomic mass is 9.89. The summed E-state index contributed by atoms with van der Waals surface area (Å²) in [5.41, 5.74) is -1.17. The van der Waals surface area contributed by atoms with E-state index in [0.29, 0.717) is 12.8 Å². The quantitative estimate of drug-likeness (QED) is 0.666. The third-order valence-corrected chi connectivity index (χ3v) is 3.73. The Kier molecular flexibility index (Phi) is 4.95. The fourth-order valence-electron chi connectivity index (χ4n) is 2.10. The summed E-state index contributed by atoms with van der Waals surface area (Å²) in [5.74, 6) is -0.994. The van der Waals surface area contributed by atoms with E-state index in [1.54, 1.807) is 21.0 Å². The molecule has 0 unspecified atom stereocenters. The highest BCUT2D eigenvalue weighted by Crippen LogP contribution is 2.22. The first-order valence-corrected chi connectivity index (χ1v) is 6.32. The Bertz CT molecular complexity index is 309. The second-order valence-electron chi connectivity index (χ2n) is 4.72. The number of rotatable bonds is 6. The summed E-state index contributed by atoms with van der Waals surface area (Å²) >= 11 is 0. The summed E-state index contributed by atoms with van der Waals surface area (Å²) in [6.45, 7) is 3.50. The fraction of sp³-hybridized carbons (Fsp3) is 0.833. The Morgan fingerprint density at radius 3 is 2.28 bits per heavy atom. The van der Waals surface area contributed by atoms with Gasteiger partial charge in [-0.15, -0.1) is 0 Å². The van der Waals surface area contributed by atoms with Gasteiger partial charge in [0, 0.05) is 13.2 Å². The van der Waals surface area contributed by atoms with Crippen LogP contribution in [0.5, 0.6) is 0 Å². The summed E-state index contributed by atoms with van der Waals surface area (Å²) in [5, 5.41) is 14.5. The standard InChI is InChI=1S/C12H22N2O4/c1-4-12(5-2,10(15)16)14-11(17)13-8-6-9(7-8)18-3/h8-9H,4-7H2,1-3H3,(H,15,16)(H2,13,14,17). The van der Waals surface area contributed by atoms with E-state index >= 15 is 0 Å². The minimum Gasteiger partial charge on any atom is -0.480 e. The van der Waals surface area contributed by atoms with Gasteiger partial charge in [0.25, 0.3) is 0 Å². The van der Waals surface area contributed by atoms with Crippen LogP contribution in [0.25, 0.3) is 0 Å². The largest absolute Gasteiger partial charge is 0.480 e. The van der Waals surface area contributed by atoms with Crippen LogP contribution < -0.4 is 10.6 Å². The van der Waals surface area contributed by atoms with Crippen molar-refractivity contribution in [3.8, 4) is 0 Å². The molecule has 1 saturated carbocycles.